The topological polar surface area (TPSA) is 26.0 Å². The van der Waals surface area contributed by atoms with Gasteiger partial charge in [-0.25, -0.2) is 0 Å². The second kappa shape index (κ2) is 1.94. The lowest BCUT2D eigenvalue weighted by atomic mass is 10.4. The summed E-state index contributed by atoms with van der Waals surface area (Å²) in [7, 11) is 0. The van der Waals surface area contributed by atoms with Crippen molar-refractivity contribution in [1.82, 2.24) is 4.98 Å². The summed E-state index contributed by atoms with van der Waals surface area (Å²) in [6.45, 7) is 1.87. The van der Waals surface area contributed by atoms with E-state index in [2.05, 4.69) is 9.40 Å². The molecule has 0 unspecified atom stereocenters. The van der Waals surface area contributed by atoms with E-state index in [4.69, 9.17) is 0 Å². The number of aryl methyl sites for hydroxylation is 1. The number of rotatable bonds is 1. The minimum Gasteiger partial charge on any atom is -0.420 e. The number of nitrogens with zero attached hydrogens (tertiary/aromatic N) is 1. The number of aromatic nitrogens is 1. The molecule has 0 saturated heterocycles. The van der Waals surface area contributed by atoms with Gasteiger partial charge in [-0.2, -0.15) is 4.98 Å². The van der Waals surface area contributed by atoms with Gasteiger partial charge in [-0.3, -0.25) is 0 Å². The molecule has 0 fully saturated rings. The molecule has 0 saturated carbocycles. The van der Waals surface area contributed by atoms with Gasteiger partial charge in [-0.05, 0) is 0 Å². The molecule has 1 rings (SSSR count). The molecule has 0 spiro atoms. The van der Waals surface area contributed by atoms with Crippen LogP contribution >= 0.6 is 0 Å². The smallest absolute Gasteiger partial charge is 0.381 e. The van der Waals surface area contributed by atoms with Crippen LogP contribution in [0.1, 0.15) is 12.7 Å². The number of oxazole rings is 1. The fourth-order valence-corrected chi connectivity index (χ4v) is 0.447. The highest BCUT2D eigenvalue weighted by atomic mass is 19.1. The largest absolute Gasteiger partial charge is 0.420 e. The average molecular weight is 115 g/mol. The van der Waals surface area contributed by atoms with Crippen LogP contribution in [0.15, 0.2) is 10.6 Å². The molecule has 44 valence electrons. The SMILES string of the molecule is CCc1cnc(F)o1. The van der Waals surface area contributed by atoms with Crippen LogP contribution in [0.2, 0.25) is 0 Å². The van der Waals surface area contributed by atoms with Crippen LogP contribution in [0.4, 0.5) is 4.39 Å². The first-order valence-electron chi connectivity index (χ1n) is 2.43. The van der Waals surface area contributed by atoms with E-state index in [1.807, 2.05) is 6.92 Å². The Morgan fingerprint density at radius 3 is 2.88 bits per heavy atom. The van der Waals surface area contributed by atoms with Crippen molar-refractivity contribution in [3.8, 4) is 0 Å². The maximum atomic E-state index is 11.8. The molecule has 0 amide bonds. The normalized spacial score (nSPS) is 9.75. The molecule has 0 N–H and O–H groups in total. The molecular formula is C5H6FNO. The quantitative estimate of drug-likeness (QED) is 0.552. The third-order valence-electron chi connectivity index (χ3n) is 0.874. The zero-order chi connectivity index (χ0) is 5.98. The number of halogens is 1. The summed E-state index contributed by atoms with van der Waals surface area (Å²) in [6.07, 6.45) is 1.33. The lowest BCUT2D eigenvalue weighted by molar-refractivity contribution is 0.319. The van der Waals surface area contributed by atoms with Crippen molar-refractivity contribution >= 4 is 0 Å². The zero-order valence-electron chi connectivity index (χ0n) is 4.52. The van der Waals surface area contributed by atoms with Gasteiger partial charge in [0.25, 0.3) is 0 Å². The molecule has 0 aromatic carbocycles. The summed E-state index contributed by atoms with van der Waals surface area (Å²) in [6, 6.07) is 0. The van der Waals surface area contributed by atoms with Crippen LogP contribution in [-0.4, -0.2) is 4.98 Å². The molecule has 0 radical (unpaired) electrons. The molecule has 1 aromatic rings. The standard InChI is InChI=1S/C5H6FNO/c1-2-4-3-7-5(6)8-4/h3H,2H2,1H3. The second-order valence-corrected chi connectivity index (χ2v) is 1.43. The van der Waals surface area contributed by atoms with Crippen molar-refractivity contribution in [2.24, 2.45) is 0 Å². The van der Waals surface area contributed by atoms with Crippen LogP contribution in [0.5, 0.6) is 0 Å². The first-order chi connectivity index (χ1) is 3.83. The van der Waals surface area contributed by atoms with Gasteiger partial charge >= 0.3 is 6.14 Å². The van der Waals surface area contributed by atoms with Crippen LogP contribution < -0.4 is 0 Å². The van der Waals surface area contributed by atoms with Gasteiger partial charge in [0.1, 0.15) is 5.76 Å². The van der Waals surface area contributed by atoms with Crippen molar-refractivity contribution in [2.75, 3.05) is 0 Å². The average Bonchev–Trinajstić information content (AvgIpc) is 2.14. The summed E-state index contributed by atoms with van der Waals surface area (Å²) in [5.41, 5.74) is 0. The first kappa shape index (κ1) is 5.28. The molecule has 2 nitrogen and oxygen atoms in total. The van der Waals surface area contributed by atoms with Crippen molar-refractivity contribution < 1.29 is 8.81 Å². The molecule has 1 aromatic heterocycles. The van der Waals surface area contributed by atoms with Gasteiger partial charge in [0.2, 0.25) is 0 Å². The molecular weight excluding hydrogens is 109 g/mol. The van der Waals surface area contributed by atoms with Crippen LogP contribution in [0.25, 0.3) is 0 Å². The Kier molecular flexibility index (Phi) is 1.28. The molecule has 8 heavy (non-hydrogen) atoms. The fraction of sp³-hybridized carbons (Fsp3) is 0.400. The highest BCUT2D eigenvalue weighted by Gasteiger charge is 1.96. The van der Waals surface area contributed by atoms with Crippen molar-refractivity contribution in [2.45, 2.75) is 13.3 Å². The summed E-state index contributed by atoms with van der Waals surface area (Å²) >= 11 is 0. The molecule has 0 aliphatic heterocycles. The number of hydrogen-bond acceptors (Lipinski definition) is 2. The van der Waals surface area contributed by atoms with E-state index in [1.165, 1.54) is 6.20 Å². The van der Waals surface area contributed by atoms with Gasteiger partial charge in [0.05, 0.1) is 6.20 Å². The lowest BCUT2D eigenvalue weighted by Gasteiger charge is -1.78. The van der Waals surface area contributed by atoms with Gasteiger partial charge in [-0.1, -0.05) is 6.92 Å². The molecule has 0 aliphatic carbocycles. The van der Waals surface area contributed by atoms with Crippen molar-refractivity contribution in [3.63, 3.8) is 0 Å². The Morgan fingerprint density at radius 1 is 1.88 bits per heavy atom. The fourth-order valence-electron chi connectivity index (χ4n) is 0.447. The monoisotopic (exact) mass is 115 g/mol. The minimum atomic E-state index is -0.748. The van der Waals surface area contributed by atoms with Crippen molar-refractivity contribution in [1.29, 1.82) is 0 Å². The van der Waals surface area contributed by atoms with E-state index in [0.29, 0.717) is 12.2 Å². The third-order valence-corrected chi connectivity index (χ3v) is 0.874. The Balaban J connectivity index is 2.84. The molecule has 0 atom stereocenters. The highest BCUT2D eigenvalue weighted by molar-refractivity contribution is 4.86. The summed E-state index contributed by atoms with van der Waals surface area (Å²) in [4.78, 5) is 3.25. The van der Waals surface area contributed by atoms with E-state index in [1.54, 1.807) is 0 Å². The van der Waals surface area contributed by atoms with Gasteiger partial charge in [0, 0.05) is 6.42 Å². The molecule has 1 heterocycles. The zero-order valence-corrected chi connectivity index (χ0v) is 4.52. The Labute approximate surface area is 46.3 Å². The van der Waals surface area contributed by atoms with Crippen LogP contribution in [0.3, 0.4) is 0 Å². The van der Waals surface area contributed by atoms with E-state index < -0.39 is 6.14 Å². The van der Waals surface area contributed by atoms with E-state index in [9.17, 15) is 4.39 Å². The first-order valence-corrected chi connectivity index (χ1v) is 2.43. The van der Waals surface area contributed by atoms with Crippen molar-refractivity contribution in [3.05, 3.63) is 18.1 Å². The van der Waals surface area contributed by atoms with Gasteiger partial charge < -0.3 is 4.42 Å². The Hall–Kier alpha value is -0.860. The number of hydrogen-bond donors (Lipinski definition) is 0. The third kappa shape index (κ3) is 0.857. The summed E-state index contributed by atoms with van der Waals surface area (Å²) in [5, 5.41) is 0. The Morgan fingerprint density at radius 2 is 2.62 bits per heavy atom. The molecule has 0 aliphatic rings. The molecule has 0 bridgehead atoms. The van der Waals surface area contributed by atoms with E-state index in [-0.39, 0.29) is 0 Å². The molecule has 3 heteroatoms. The lowest BCUT2D eigenvalue weighted by Crippen LogP contribution is -1.68. The van der Waals surface area contributed by atoms with Crippen LogP contribution in [-0.2, 0) is 6.42 Å². The second-order valence-electron chi connectivity index (χ2n) is 1.43. The van der Waals surface area contributed by atoms with Gasteiger partial charge in [-0.15, -0.1) is 4.39 Å². The highest BCUT2D eigenvalue weighted by Crippen LogP contribution is 2.00. The predicted octanol–water partition coefficient (Wildman–Crippen LogP) is 1.38. The van der Waals surface area contributed by atoms with Crippen LogP contribution in [0, 0.1) is 6.14 Å². The van der Waals surface area contributed by atoms with E-state index >= 15 is 0 Å². The van der Waals surface area contributed by atoms with Gasteiger partial charge in [0.15, 0.2) is 0 Å². The predicted molar refractivity (Wildman–Crippen MR) is 25.8 cm³/mol. The minimum absolute atomic E-state index is 0.586. The van der Waals surface area contributed by atoms with E-state index in [0.717, 1.165) is 0 Å². The summed E-state index contributed by atoms with van der Waals surface area (Å²) in [5.74, 6) is 0.586. The maximum Gasteiger partial charge on any atom is 0.381 e. The summed E-state index contributed by atoms with van der Waals surface area (Å²) < 4.78 is 16.3. The maximum absolute atomic E-state index is 11.8. The Bertz CT molecular complexity index is 173.